The minimum absolute atomic E-state index is 0.0992. The Hall–Kier alpha value is -0.940. The van der Waals surface area contributed by atoms with Gasteiger partial charge in [0, 0.05) is 25.3 Å². The highest BCUT2D eigenvalue weighted by atomic mass is 79.9. The fourth-order valence-electron chi connectivity index (χ4n) is 2.53. The largest absolute Gasteiger partial charge is 0.334 e. The molecule has 1 aliphatic rings. The van der Waals surface area contributed by atoms with Crippen molar-refractivity contribution < 1.29 is 4.79 Å². The molecule has 0 aliphatic carbocycles. The number of likely N-dealkylation sites (N-methyl/N-ethyl adjacent to an activating group) is 1. The van der Waals surface area contributed by atoms with Crippen LogP contribution in [-0.2, 0) is 0 Å². The monoisotopic (exact) mass is 325 g/mol. The second-order valence-corrected chi connectivity index (χ2v) is 5.86. The Morgan fingerprint density at radius 3 is 2.89 bits per heavy atom. The summed E-state index contributed by atoms with van der Waals surface area (Å²) in [5.74, 6) is 0.0992. The van der Waals surface area contributed by atoms with E-state index in [1.54, 1.807) is 6.20 Å². The Bertz CT molecular complexity index is 435. The van der Waals surface area contributed by atoms with E-state index in [1.807, 2.05) is 17.0 Å². The number of halogens is 1. The molecule has 5 heteroatoms. The standard InChI is InChI=1S/C14H20BrN3O/c1-3-12-10-17(2)7-4-8-18(12)14(19)11-5-6-13(15)16-9-11/h5-6,9,12H,3-4,7-8,10H2,1-2H3. The number of hydrogen-bond acceptors (Lipinski definition) is 3. The van der Waals surface area contributed by atoms with Gasteiger partial charge in [-0.1, -0.05) is 6.92 Å². The van der Waals surface area contributed by atoms with Gasteiger partial charge in [0.25, 0.3) is 5.91 Å². The second-order valence-electron chi connectivity index (χ2n) is 5.05. The van der Waals surface area contributed by atoms with Crippen molar-refractivity contribution in [1.82, 2.24) is 14.8 Å². The first-order valence-electron chi connectivity index (χ1n) is 6.73. The van der Waals surface area contributed by atoms with Gasteiger partial charge in [-0.25, -0.2) is 4.98 Å². The first-order chi connectivity index (χ1) is 9.11. The molecule has 1 aromatic rings. The van der Waals surface area contributed by atoms with Crippen molar-refractivity contribution >= 4 is 21.8 Å². The number of pyridine rings is 1. The average Bonchev–Trinajstić information content (AvgIpc) is 2.60. The van der Waals surface area contributed by atoms with E-state index in [9.17, 15) is 4.79 Å². The van der Waals surface area contributed by atoms with Crippen molar-refractivity contribution in [2.24, 2.45) is 0 Å². The summed E-state index contributed by atoms with van der Waals surface area (Å²) in [6, 6.07) is 3.95. The molecule has 1 aliphatic heterocycles. The minimum atomic E-state index is 0.0992. The van der Waals surface area contributed by atoms with Crippen LogP contribution in [0.25, 0.3) is 0 Å². The third-order valence-corrected chi connectivity index (χ3v) is 4.08. The van der Waals surface area contributed by atoms with Crippen LogP contribution in [-0.4, -0.2) is 53.4 Å². The van der Waals surface area contributed by atoms with Gasteiger partial charge in [0.2, 0.25) is 0 Å². The molecule has 4 nitrogen and oxygen atoms in total. The van der Waals surface area contributed by atoms with Gasteiger partial charge in [-0.3, -0.25) is 4.79 Å². The Kier molecular flexibility index (Phi) is 4.93. The summed E-state index contributed by atoms with van der Waals surface area (Å²) in [6.45, 7) is 4.98. The molecule has 0 bridgehead atoms. The lowest BCUT2D eigenvalue weighted by molar-refractivity contribution is 0.0675. The number of aromatic nitrogens is 1. The lowest BCUT2D eigenvalue weighted by atomic mass is 10.1. The quantitative estimate of drug-likeness (QED) is 0.783. The van der Waals surface area contributed by atoms with E-state index in [0.29, 0.717) is 11.6 Å². The Morgan fingerprint density at radius 2 is 2.26 bits per heavy atom. The number of amides is 1. The summed E-state index contributed by atoms with van der Waals surface area (Å²) in [7, 11) is 2.12. The molecule has 2 rings (SSSR count). The molecule has 104 valence electrons. The summed E-state index contributed by atoms with van der Waals surface area (Å²) in [4.78, 5) is 21.1. The molecule has 19 heavy (non-hydrogen) atoms. The maximum atomic E-state index is 12.6. The summed E-state index contributed by atoms with van der Waals surface area (Å²) >= 11 is 3.29. The van der Waals surface area contributed by atoms with Gasteiger partial charge < -0.3 is 9.80 Å². The Balaban J connectivity index is 2.17. The second kappa shape index (κ2) is 6.48. The van der Waals surface area contributed by atoms with E-state index >= 15 is 0 Å². The highest BCUT2D eigenvalue weighted by molar-refractivity contribution is 9.10. The fourth-order valence-corrected chi connectivity index (χ4v) is 2.76. The third-order valence-electron chi connectivity index (χ3n) is 3.61. The molecule has 0 radical (unpaired) electrons. The molecule has 1 aromatic heterocycles. The number of rotatable bonds is 2. The van der Waals surface area contributed by atoms with Crippen LogP contribution in [0.2, 0.25) is 0 Å². The summed E-state index contributed by atoms with van der Waals surface area (Å²) in [6.07, 6.45) is 3.66. The normalized spacial score (nSPS) is 21.2. The van der Waals surface area contributed by atoms with Crippen LogP contribution in [0.4, 0.5) is 0 Å². The van der Waals surface area contributed by atoms with Gasteiger partial charge in [0.05, 0.1) is 5.56 Å². The molecule has 0 saturated carbocycles. The lowest BCUT2D eigenvalue weighted by Gasteiger charge is -2.30. The highest BCUT2D eigenvalue weighted by Gasteiger charge is 2.26. The van der Waals surface area contributed by atoms with Gasteiger partial charge >= 0.3 is 0 Å². The fraction of sp³-hybridized carbons (Fsp3) is 0.571. The zero-order valence-corrected chi connectivity index (χ0v) is 13.1. The van der Waals surface area contributed by atoms with E-state index in [2.05, 4.69) is 39.8 Å². The van der Waals surface area contributed by atoms with E-state index in [-0.39, 0.29) is 5.91 Å². The van der Waals surface area contributed by atoms with Crippen LogP contribution in [0, 0.1) is 0 Å². The molecule has 1 unspecified atom stereocenters. The third kappa shape index (κ3) is 3.54. The van der Waals surface area contributed by atoms with E-state index in [0.717, 1.165) is 37.1 Å². The number of carbonyl (C=O) groups excluding carboxylic acids is 1. The van der Waals surface area contributed by atoms with E-state index in [4.69, 9.17) is 0 Å². The van der Waals surface area contributed by atoms with Gasteiger partial charge in [-0.2, -0.15) is 0 Å². The predicted octanol–water partition coefficient (Wildman–Crippen LogP) is 2.40. The molecule has 1 fully saturated rings. The molecule has 1 amide bonds. The van der Waals surface area contributed by atoms with Crippen molar-refractivity contribution in [3.63, 3.8) is 0 Å². The molecule has 0 N–H and O–H groups in total. The SMILES string of the molecule is CCC1CN(C)CCCN1C(=O)c1ccc(Br)nc1. The number of nitrogens with zero attached hydrogens (tertiary/aromatic N) is 3. The predicted molar refractivity (Wildman–Crippen MR) is 79.2 cm³/mol. The van der Waals surface area contributed by atoms with Gasteiger partial charge in [-0.05, 0) is 54.5 Å². The van der Waals surface area contributed by atoms with Gasteiger partial charge in [0.1, 0.15) is 4.60 Å². The van der Waals surface area contributed by atoms with Crippen LogP contribution in [0.15, 0.2) is 22.9 Å². The van der Waals surface area contributed by atoms with Crippen LogP contribution in [0.5, 0.6) is 0 Å². The molecular formula is C14H20BrN3O. The summed E-state index contributed by atoms with van der Waals surface area (Å²) in [5, 5.41) is 0. The average molecular weight is 326 g/mol. The molecule has 2 heterocycles. The number of hydrogen-bond donors (Lipinski definition) is 0. The molecule has 1 saturated heterocycles. The lowest BCUT2D eigenvalue weighted by Crippen LogP contribution is -2.43. The van der Waals surface area contributed by atoms with E-state index < -0.39 is 0 Å². The summed E-state index contributed by atoms with van der Waals surface area (Å²) < 4.78 is 0.756. The smallest absolute Gasteiger partial charge is 0.255 e. The maximum absolute atomic E-state index is 12.6. The molecule has 0 spiro atoms. The topological polar surface area (TPSA) is 36.4 Å². The molecule has 0 aromatic carbocycles. The molecule has 1 atom stereocenters. The van der Waals surface area contributed by atoms with Crippen LogP contribution < -0.4 is 0 Å². The molecular weight excluding hydrogens is 306 g/mol. The first kappa shape index (κ1) is 14.5. The minimum Gasteiger partial charge on any atom is -0.334 e. The van der Waals surface area contributed by atoms with Crippen molar-refractivity contribution in [3.8, 4) is 0 Å². The highest BCUT2D eigenvalue weighted by Crippen LogP contribution is 2.16. The number of carbonyl (C=O) groups is 1. The van der Waals surface area contributed by atoms with Crippen LogP contribution in [0.3, 0.4) is 0 Å². The van der Waals surface area contributed by atoms with Crippen molar-refractivity contribution in [1.29, 1.82) is 0 Å². The van der Waals surface area contributed by atoms with Crippen molar-refractivity contribution in [2.75, 3.05) is 26.7 Å². The van der Waals surface area contributed by atoms with Crippen molar-refractivity contribution in [3.05, 3.63) is 28.5 Å². The van der Waals surface area contributed by atoms with Crippen LogP contribution in [0.1, 0.15) is 30.1 Å². The van der Waals surface area contributed by atoms with Gasteiger partial charge in [0.15, 0.2) is 0 Å². The van der Waals surface area contributed by atoms with Crippen molar-refractivity contribution in [2.45, 2.75) is 25.8 Å². The van der Waals surface area contributed by atoms with Gasteiger partial charge in [-0.15, -0.1) is 0 Å². The maximum Gasteiger partial charge on any atom is 0.255 e. The Labute approximate surface area is 122 Å². The first-order valence-corrected chi connectivity index (χ1v) is 7.52. The Morgan fingerprint density at radius 1 is 1.47 bits per heavy atom. The summed E-state index contributed by atoms with van der Waals surface area (Å²) in [5.41, 5.74) is 0.672. The zero-order chi connectivity index (χ0) is 13.8. The zero-order valence-electron chi connectivity index (χ0n) is 11.5. The van der Waals surface area contributed by atoms with Crippen LogP contribution >= 0.6 is 15.9 Å². The van der Waals surface area contributed by atoms with E-state index in [1.165, 1.54) is 0 Å².